The van der Waals surface area contributed by atoms with Crippen LogP contribution in [0, 0.1) is 0 Å². The van der Waals surface area contributed by atoms with Gasteiger partial charge in [-0.05, 0) is 35.7 Å². The Morgan fingerprint density at radius 2 is 1.96 bits per heavy atom. The molecular weight excluding hydrogens is 356 g/mol. The second kappa shape index (κ2) is 7.70. The van der Waals surface area contributed by atoms with Gasteiger partial charge in [0.25, 0.3) is 0 Å². The number of esters is 1. The van der Waals surface area contributed by atoms with Gasteiger partial charge in [0.05, 0.1) is 7.11 Å². The van der Waals surface area contributed by atoms with Gasteiger partial charge < -0.3 is 14.3 Å². The number of rotatable bonds is 1. The van der Waals surface area contributed by atoms with Crippen molar-refractivity contribution in [3.63, 3.8) is 0 Å². The predicted octanol–water partition coefficient (Wildman–Crippen LogP) is 3.56. The number of methoxy groups -OCH3 is 1. The molecule has 2 aromatic rings. The topological polar surface area (TPSA) is 55.8 Å². The molecule has 0 saturated carbocycles. The van der Waals surface area contributed by atoms with E-state index in [1.807, 2.05) is 12.1 Å². The van der Waals surface area contributed by atoms with Crippen molar-refractivity contribution in [1.29, 1.82) is 0 Å². The van der Waals surface area contributed by atoms with Crippen LogP contribution in [0.5, 0.6) is 0 Å². The lowest BCUT2D eigenvalue weighted by atomic mass is 9.91. The highest BCUT2D eigenvalue weighted by Crippen LogP contribution is 2.48. The monoisotopic (exact) mass is 374 g/mol. The van der Waals surface area contributed by atoms with Crippen molar-refractivity contribution in [3.8, 4) is 11.1 Å². The van der Waals surface area contributed by atoms with Gasteiger partial charge in [0.15, 0.2) is 0 Å². The Morgan fingerprint density at radius 1 is 1.20 bits per heavy atom. The zero-order chi connectivity index (χ0) is 17.9. The summed E-state index contributed by atoms with van der Waals surface area (Å²) in [5.74, 6) is -0.707. The number of halogens is 1. The predicted molar refractivity (Wildman–Crippen MR) is 97.6 cm³/mol. The fourth-order valence-electron chi connectivity index (χ4n) is 3.11. The summed E-state index contributed by atoms with van der Waals surface area (Å²) < 4.78 is 9.86. The molecule has 4 nitrogen and oxygen atoms in total. The van der Waals surface area contributed by atoms with Gasteiger partial charge in [-0.3, -0.25) is 0 Å². The van der Waals surface area contributed by atoms with E-state index >= 15 is 0 Å². The minimum atomic E-state index is -1.79. The van der Waals surface area contributed by atoms with Gasteiger partial charge in [-0.2, -0.15) is 0 Å². The third-order valence-corrected chi connectivity index (χ3v) is 5.54. The molecule has 1 aliphatic carbocycles. The molecule has 2 aliphatic rings. The second-order valence-corrected chi connectivity index (χ2v) is 7.40. The fourth-order valence-corrected chi connectivity index (χ4v) is 4.11. The van der Waals surface area contributed by atoms with Crippen LogP contribution in [0.15, 0.2) is 42.5 Å². The van der Waals surface area contributed by atoms with Crippen molar-refractivity contribution < 1.29 is 19.1 Å². The van der Waals surface area contributed by atoms with E-state index in [-0.39, 0.29) is 0 Å². The number of hydrogen-bond donors (Lipinski definition) is 1. The average molecular weight is 375 g/mol. The second-order valence-electron chi connectivity index (χ2n) is 5.89. The molecule has 0 bridgehead atoms. The van der Waals surface area contributed by atoms with Crippen molar-refractivity contribution >= 4 is 27.3 Å². The minimum Gasteiger partial charge on any atom is -0.466 e. The maximum absolute atomic E-state index is 12.1. The van der Waals surface area contributed by atoms with Gasteiger partial charge >= 0.3 is 5.97 Å². The number of benzene rings is 2. The first kappa shape index (κ1) is 18.1. The third-order valence-electron chi connectivity index (χ3n) is 4.34. The molecule has 2 radical (unpaired) electrons. The van der Waals surface area contributed by atoms with Crippen LogP contribution in [0.25, 0.3) is 11.1 Å². The standard InChI is InChI=1S/C15H11ClO3.C4H8OSi/c1-19-14(17)15(18)12-5-3-2-4-10(12)11-7-6-9(16)8-13(11)15;1-2-4-6-5-3-1/h2-8,18H,1H3;1-4H2. The smallest absolute Gasteiger partial charge is 0.347 e. The Bertz CT molecular complexity index is 764. The lowest BCUT2D eigenvalue weighted by molar-refractivity contribution is -0.158. The Morgan fingerprint density at radius 3 is 2.56 bits per heavy atom. The molecule has 130 valence electrons. The molecule has 1 saturated heterocycles. The van der Waals surface area contributed by atoms with Crippen molar-refractivity contribution in [2.75, 3.05) is 13.7 Å². The molecule has 1 aliphatic heterocycles. The lowest BCUT2D eigenvalue weighted by Crippen LogP contribution is -2.36. The first-order valence-corrected chi connectivity index (χ1v) is 9.63. The molecule has 0 amide bonds. The van der Waals surface area contributed by atoms with E-state index in [1.54, 1.807) is 30.3 Å². The minimum absolute atomic E-state index is 0.466. The van der Waals surface area contributed by atoms with E-state index < -0.39 is 11.6 Å². The molecule has 1 unspecified atom stereocenters. The first-order chi connectivity index (χ1) is 12.1. The third kappa shape index (κ3) is 3.37. The van der Waals surface area contributed by atoms with Gasteiger partial charge in [-0.1, -0.05) is 48.4 Å². The number of fused-ring (bicyclic) bond motifs is 3. The molecule has 0 aromatic heterocycles. The molecular formula is C19H19ClO4Si. The molecule has 1 N–H and O–H groups in total. The number of hydrogen-bond acceptors (Lipinski definition) is 4. The summed E-state index contributed by atoms with van der Waals surface area (Å²) in [4.78, 5) is 12.1. The van der Waals surface area contributed by atoms with E-state index in [2.05, 4.69) is 0 Å². The van der Waals surface area contributed by atoms with E-state index in [0.717, 1.165) is 27.5 Å². The van der Waals surface area contributed by atoms with Crippen molar-refractivity contribution in [2.24, 2.45) is 0 Å². The number of carbonyl (C=O) groups excluding carboxylic acids is 1. The zero-order valence-electron chi connectivity index (χ0n) is 13.9. The fraction of sp³-hybridized carbons (Fsp3) is 0.316. The van der Waals surface area contributed by atoms with Crippen LogP contribution in [0.2, 0.25) is 11.1 Å². The molecule has 25 heavy (non-hydrogen) atoms. The van der Waals surface area contributed by atoms with E-state index in [0.29, 0.717) is 16.1 Å². The van der Waals surface area contributed by atoms with Crippen LogP contribution >= 0.6 is 11.6 Å². The van der Waals surface area contributed by atoms with Gasteiger partial charge in [-0.15, -0.1) is 0 Å². The summed E-state index contributed by atoms with van der Waals surface area (Å²) in [6.07, 6.45) is 2.67. The molecule has 2 aromatic carbocycles. The molecule has 1 fully saturated rings. The Labute approximate surface area is 154 Å². The highest BCUT2D eigenvalue weighted by atomic mass is 35.5. The van der Waals surface area contributed by atoms with E-state index in [9.17, 15) is 9.90 Å². The molecule has 6 heteroatoms. The van der Waals surface area contributed by atoms with E-state index in [1.165, 1.54) is 26.0 Å². The van der Waals surface area contributed by atoms with Gasteiger partial charge in [-0.25, -0.2) is 4.79 Å². The maximum Gasteiger partial charge on any atom is 0.347 e. The molecule has 1 atom stereocenters. The van der Waals surface area contributed by atoms with Crippen LogP contribution in [-0.2, 0) is 19.6 Å². The Kier molecular flexibility index (Phi) is 5.59. The highest BCUT2D eigenvalue weighted by Gasteiger charge is 2.48. The van der Waals surface area contributed by atoms with Crippen LogP contribution in [0.1, 0.15) is 24.0 Å². The lowest BCUT2D eigenvalue weighted by Gasteiger charge is -2.22. The Hall–Kier alpha value is -1.66. The summed E-state index contributed by atoms with van der Waals surface area (Å²) in [6.45, 7) is 1.01. The number of ether oxygens (including phenoxy) is 1. The summed E-state index contributed by atoms with van der Waals surface area (Å²) in [5, 5.41) is 11.3. The zero-order valence-corrected chi connectivity index (χ0v) is 15.7. The van der Waals surface area contributed by atoms with E-state index in [4.69, 9.17) is 20.8 Å². The number of carbonyl (C=O) groups is 1. The van der Waals surface area contributed by atoms with Crippen LogP contribution < -0.4 is 0 Å². The van der Waals surface area contributed by atoms with Crippen molar-refractivity contribution in [1.82, 2.24) is 0 Å². The SMILES string of the molecule is C1CC[Si]OC1.COC(=O)C1(O)c2ccccc2-c2ccc(Cl)cc21. The maximum atomic E-state index is 12.1. The summed E-state index contributed by atoms with van der Waals surface area (Å²) in [5.41, 5.74) is 0.827. The summed E-state index contributed by atoms with van der Waals surface area (Å²) in [6, 6.07) is 13.7. The molecule has 1 heterocycles. The van der Waals surface area contributed by atoms with Gasteiger partial charge in [0.1, 0.15) is 0 Å². The van der Waals surface area contributed by atoms with Crippen LogP contribution in [-0.4, -0.2) is 34.6 Å². The highest BCUT2D eigenvalue weighted by molar-refractivity contribution is 6.30. The first-order valence-electron chi connectivity index (χ1n) is 8.14. The number of aliphatic hydroxyl groups is 1. The average Bonchev–Trinajstić information content (AvgIpc) is 2.93. The van der Waals surface area contributed by atoms with Crippen LogP contribution in [0.4, 0.5) is 0 Å². The quantitative estimate of drug-likeness (QED) is 0.612. The normalized spacial score (nSPS) is 20.8. The molecule has 4 rings (SSSR count). The Balaban J connectivity index is 0.000000258. The van der Waals surface area contributed by atoms with Crippen molar-refractivity contribution in [2.45, 2.75) is 24.5 Å². The van der Waals surface area contributed by atoms with Gasteiger partial charge in [0.2, 0.25) is 15.4 Å². The summed E-state index contributed by atoms with van der Waals surface area (Å²) >= 11 is 5.98. The van der Waals surface area contributed by atoms with Crippen molar-refractivity contribution in [3.05, 3.63) is 58.6 Å². The summed E-state index contributed by atoms with van der Waals surface area (Å²) in [7, 11) is 2.06. The van der Waals surface area contributed by atoms with Crippen LogP contribution in [0.3, 0.4) is 0 Å². The largest absolute Gasteiger partial charge is 0.466 e. The van der Waals surface area contributed by atoms with Gasteiger partial charge in [0, 0.05) is 22.8 Å². The molecule has 0 spiro atoms.